The van der Waals surface area contributed by atoms with Crippen LogP contribution in [0.15, 0.2) is 0 Å². The Balaban J connectivity index is 0. The fraction of sp³-hybridized carbons (Fsp3) is 0.778. The Hall–Kier alpha value is 0.157. The summed E-state index contributed by atoms with van der Waals surface area (Å²) in [6.45, 7) is 2.21. The normalized spacial score (nSPS) is 8.00. The molecule has 0 N–H and O–H groups in total. The third kappa shape index (κ3) is 11.0. The summed E-state index contributed by atoms with van der Waals surface area (Å²) in [7, 11) is 0. The van der Waals surface area contributed by atoms with Gasteiger partial charge in [0.15, 0.2) is 0 Å². The SMILES string of the molecule is [C-]#CCCCCCCC.[Li+]. The molecule has 0 aromatic carbocycles. The molecule has 10 heavy (non-hydrogen) atoms. The van der Waals surface area contributed by atoms with Crippen LogP contribution in [-0.2, 0) is 0 Å². The van der Waals surface area contributed by atoms with Gasteiger partial charge in [-0.2, -0.15) is 0 Å². The van der Waals surface area contributed by atoms with E-state index in [2.05, 4.69) is 12.8 Å². The van der Waals surface area contributed by atoms with Crippen molar-refractivity contribution in [2.24, 2.45) is 0 Å². The Kier molecular flexibility index (Phi) is 15.2. The van der Waals surface area contributed by atoms with Gasteiger partial charge in [-0.1, -0.05) is 32.6 Å². The van der Waals surface area contributed by atoms with E-state index in [4.69, 9.17) is 6.42 Å². The van der Waals surface area contributed by atoms with Crippen LogP contribution in [0.25, 0.3) is 0 Å². The first-order valence-electron chi connectivity index (χ1n) is 3.81. The number of hydrogen-bond acceptors (Lipinski definition) is 0. The van der Waals surface area contributed by atoms with E-state index >= 15 is 0 Å². The molecule has 0 unspecified atom stereocenters. The average molecular weight is 130 g/mol. The maximum atomic E-state index is 6.63. The van der Waals surface area contributed by atoms with Crippen molar-refractivity contribution in [2.45, 2.75) is 45.4 Å². The predicted molar refractivity (Wildman–Crippen MR) is 40.5 cm³/mol. The van der Waals surface area contributed by atoms with Gasteiger partial charge in [-0.3, -0.25) is 0 Å². The van der Waals surface area contributed by atoms with Gasteiger partial charge < -0.3 is 12.3 Å². The summed E-state index contributed by atoms with van der Waals surface area (Å²) in [5, 5.41) is 0. The van der Waals surface area contributed by atoms with Crippen molar-refractivity contribution >= 4 is 0 Å². The molecule has 1 heteroatoms. The summed E-state index contributed by atoms with van der Waals surface area (Å²) in [5.41, 5.74) is 0. The molecule has 0 radical (unpaired) electrons. The number of rotatable bonds is 5. The van der Waals surface area contributed by atoms with E-state index in [0.717, 1.165) is 12.8 Å². The molecular weight excluding hydrogens is 115 g/mol. The van der Waals surface area contributed by atoms with Crippen molar-refractivity contribution < 1.29 is 18.9 Å². The zero-order valence-electron chi connectivity index (χ0n) is 7.24. The molecule has 0 rings (SSSR count). The molecule has 52 valence electrons. The molecule has 0 amide bonds. The minimum Gasteiger partial charge on any atom is -0.694 e. The van der Waals surface area contributed by atoms with Crippen LogP contribution in [-0.4, -0.2) is 0 Å². The third-order valence-electron chi connectivity index (χ3n) is 1.41. The van der Waals surface area contributed by atoms with E-state index in [1.54, 1.807) is 0 Å². The maximum Gasteiger partial charge on any atom is 1.00 e. The third-order valence-corrected chi connectivity index (χ3v) is 1.41. The van der Waals surface area contributed by atoms with Gasteiger partial charge in [0.05, 0.1) is 0 Å². The first kappa shape index (κ1) is 12.8. The summed E-state index contributed by atoms with van der Waals surface area (Å²) in [6.07, 6.45) is 13.9. The van der Waals surface area contributed by atoms with E-state index < -0.39 is 0 Å². The summed E-state index contributed by atoms with van der Waals surface area (Å²) in [5.74, 6) is 2.39. The molecule has 0 aliphatic heterocycles. The van der Waals surface area contributed by atoms with Crippen LogP contribution in [0.4, 0.5) is 0 Å². The molecule has 0 aromatic heterocycles. The maximum absolute atomic E-state index is 6.63. The van der Waals surface area contributed by atoms with Gasteiger partial charge in [-0.05, 0) is 12.8 Å². The van der Waals surface area contributed by atoms with Crippen LogP contribution < -0.4 is 18.9 Å². The van der Waals surface area contributed by atoms with E-state index in [0.29, 0.717) is 0 Å². The Labute approximate surface area is 77.0 Å². The number of hydrogen-bond donors (Lipinski definition) is 0. The van der Waals surface area contributed by atoms with Crippen LogP contribution in [0, 0.1) is 12.3 Å². The second-order valence-electron chi connectivity index (χ2n) is 2.34. The Morgan fingerprint density at radius 1 is 1.10 bits per heavy atom. The minimum atomic E-state index is 0. The van der Waals surface area contributed by atoms with Crippen molar-refractivity contribution in [1.82, 2.24) is 0 Å². The molecule has 0 fully saturated rings. The van der Waals surface area contributed by atoms with Gasteiger partial charge in [0.25, 0.3) is 0 Å². The fourth-order valence-electron chi connectivity index (χ4n) is 0.817. The zero-order valence-corrected chi connectivity index (χ0v) is 7.24. The van der Waals surface area contributed by atoms with Crippen molar-refractivity contribution in [1.29, 1.82) is 0 Å². The van der Waals surface area contributed by atoms with Crippen LogP contribution in [0.3, 0.4) is 0 Å². The zero-order chi connectivity index (χ0) is 6.95. The standard InChI is InChI=1S/C9H15.Li/c1-3-5-7-9-8-6-4-2;/h3,5-9H2,1H3;/q-1;+1. The predicted octanol–water partition coefficient (Wildman–Crippen LogP) is -0.0593. The summed E-state index contributed by atoms with van der Waals surface area (Å²) in [4.78, 5) is 0. The van der Waals surface area contributed by atoms with Gasteiger partial charge >= 0.3 is 18.9 Å². The molecule has 0 heterocycles. The largest absolute Gasteiger partial charge is 1.00 e. The summed E-state index contributed by atoms with van der Waals surface area (Å²) < 4.78 is 0. The van der Waals surface area contributed by atoms with Crippen molar-refractivity contribution in [3.63, 3.8) is 0 Å². The smallest absolute Gasteiger partial charge is 0.694 e. The second-order valence-corrected chi connectivity index (χ2v) is 2.34. The first-order chi connectivity index (χ1) is 4.41. The molecule has 0 saturated heterocycles. The molecule has 0 saturated carbocycles. The minimum absolute atomic E-state index is 0. The van der Waals surface area contributed by atoms with Crippen LogP contribution in [0.2, 0.25) is 0 Å². The van der Waals surface area contributed by atoms with E-state index in [1.165, 1.54) is 25.7 Å². The van der Waals surface area contributed by atoms with Gasteiger partial charge in [-0.25, -0.2) is 0 Å². The fourth-order valence-corrected chi connectivity index (χ4v) is 0.817. The van der Waals surface area contributed by atoms with Crippen LogP contribution in [0.1, 0.15) is 45.4 Å². The van der Waals surface area contributed by atoms with E-state index in [-0.39, 0.29) is 18.9 Å². The molecule has 0 aromatic rings. The van der Waals surface area contributed by atoms with Crippen molar-refractivity contribution in [2.75, 3.05) is 0 Å². The molecule has 0 nitrogen and oxygen atoms in total. The second kappa shape index (κ2) is 11.9. The topological polar surface area (TPSA) is 0 Å². The average Bonchev–Trinajstić information content (AvgIpc) is 1.89. The monoisotopic (exact) mass is 130 g/mol. The van der Waals surface area contributed by atoms with Gasteiger partial charge in [0, 0.05) is 0 Å². The van der Waals surface area contributed by atoms with E-state index in [1.807, 2.05) is 0 Å². The quantitative estimate of drug-likeness (QED) is 0.212. The van der Waals surface area contributed by atoms with Crippen LogP contribution >= 0.6 is 0 Å². The molecule has 0 aliphatic rings. The Morgan fingerprint density at radius 2 is 1.70 bits per heavy atom. The van der Waals surface area contributed by atoms with Crippen LogP contribution in [0.5, 0.6) is 0 Å². The van der Waals surface area contributed by atoms with Gasteiger partial charge in [0.1, 0.15) is 0 Å². The molecule has 0 atom stereocenters. The molecule has 0 aliphatic carbocycles. The summed E-state index contributed by atoms with van der Waals surface area (Å²) >= 11 is 0. The van der Waals surface area contributed by atoms with Crippen molar-refractivity contribution in [3.05, 3.63) is 6.42 Å². The van der Waals surface area contributed by atoms with Gasteiger partial charge in [-0.15, -0.1) is 0 Å². The van der Waals surface area contributed by atoms with Gasteiger partial charge in [0.2, 0.25) is 0 Å². The molecule has 0 spiro atoms. The number of unbranched alkanes of at least 4 members (excludes halogenated alkanes) is 5. The molecule has 0 bridgehead atoms. The Morgan fingerprint density at radius 3 is 2.20 bits per heavy atom. The Bertz CT molecular complexity index is 81.2. The first-order valence-corrected chi connectivity index (χ1v) is 3.81. The summed E-state index contributed by atoms with van der Waals surface area (Å²) in [6, 6.07) is 0. The van der Waals surface area contributed by atoms with Crippen molar-refractivity contribution in [3.8, 4) is 5.92 Å². The molecular formula is C9H15Li. The van der Waals surface area contributed by atoms with E-state index in [9.17, 15) is 0 Å².